The molecular formula is C51H59N7O9. The lowest BCUT2D eigenvalue weighted by molar-refractivity contribution is -0.135. The molecule has 4 aromatic carbocycles. The molecule has 0 spiro atoms. The highest BCUT2D eigenvalue weighted by Gasteiger charge is 2.38. The quantitative estimate of drug-likeness (QED) is 0.0701. The van der Waals surface area contributed by atoms with Gasteiger partial charge in [-0.3, -0.25) is 9.69 Å². The van der Waals surface area contributed by atoms with E-state index in [9.17, 15) is 14.4 Å². The number of hydrogen-bond acceptors (Lipinski definition) is 11. The van der Waals surface area contributed by atoms with Crippen LogP contribution in [0.25, 0.3) is 44.5 Å². The van der Waals surface area contributed by atoms with Crippen molar-refractivity contribution in [1.82, 2.24) is 35.1 Å². The molecule has 352 valence electrons. The SMILES string of the molecule is COCCOc1c(-c2ccc(-c3ccc4nc([C@@H]5CCCN5C(=O)OCc5ccccc5)[nH]c4c3)cc2)ccc(-c2cnc([C@@H]3CCCN3C(=O)[C@@H](NC(=O)OC)C(C)C)[nH]2)c1OCCOC. The van der Waals surface area contributed by atoms with Crippen LogP contribution in [0.15, 0.2) is 91.1 Å². The summed E-state index contributed by atoms with van der Waals surface area (Å²) in [5, 5.41) is 2.71. The highest BCUT2D eigenvalue weighted by atomic mass is 16.6. The lowest BCUT2D eigenvalue weighted by Gasteiger charge is -2.30. The number of nitrogens with one attached hydrogen (secondary N) is 3. The second kappa shape index (κ2) is 21.6. The van der Waals surface area contributed by atoms with Gasteiger partial charge in [0.05, 0.1) is 55.3 Å². The Labute approximate surface area is 390 Å². The molecule has 0 saturated carbocycles. The molecule has 3 N–H and O–H groups in total. The molecule has 16 nitrogen and oxygen atoms in total. The number of ether oxygens (including phenoxy) is 6. The van der Waals surface area contributed by atoms with E-state index in [0.29, 0.717) is 55.7 Å². The van der Waals surface area contributed by atoms with Crippen LogP contribution in [-0.4, -0.2) is 115 Å². The van der Waals surface area contributed by atoms with E-state index < -0.39 is 12.1 Å². The molecule has 3 atom stereocenters. The first-order chi connectivity index (χ1) is 32.7. The van der Waals surface area contributed by atoms with Crippen molar-refractivity contribution < 1.29 is 42.8 Å². The molecule has 3 amide bonds. The summed E-state index contributed by atoms with van der Waals surface area (Å²) in [6.07, 6.45) is 3.93. The first kappa shape index (κ1) is 46.6. The fourth-order valence-electron chi connectivity index (χ4n) is 8.86. The fourth-order valence-corrected chi connectivity index (χ4v) is 8.86. The van der Waals surface area contributed by atoms with Gasteiger partial charge in [-0.05, 0) is 78.1 Å². The lowest BCUT2D eigenvalue weighted by atomic mass is 9.97. The fraction of sp³-hybridized carbons (Fsp3) is 0.392. The number of fused-ring (bicyclic) bond motifs is 1. The van der Waals surface area contributed by atoms with E-state index in [1.54, 1.807) is 30.2 Å². The van der Waals surface area contributed by atoms with Crippen molar-refractivity contribution in [3.63, 3.8) is 0 Å². The number of benzene rings is 4. The normalized spacial score (nSPS) is 16.4. The number of nitrogens with zero attached hydrogens (tertiary/aromatic N) is 4. The van der Waals surface area contributed by atoms with Crippen molar-refractivity contribution in [3.05, 3.63) is 108 Å². The summed E-state index contributed by atoms with van der Waals surface area (Å²) < 4.78 is 34.2. The average molecular weight is 914 g/mol. The van der Waals surface area contributed by atoms with Crippen LogP contribution in [0, 0.1) is 5.92 Å². The Hall–Kier alpha value is -6.91. The van der Waals surface area contributed by atoms with Crippen LogP contribution in [-0.2, 0) is 30.3 Å². The van der Waals surface area contributed by atoms with Crippen LogP contribution in [0.1, 0.15) is 68.8 Å². The number of amides is 3. The summed E-state index contributed by atoms with van der Waals surface area (Å²) in [5.41, 5.74) is 7.81. The van der Waals surface area contributed by atoms with Crippen molar-refractivity contribution in [2.75, 3.05) is 60.8 Å². The topological polar surface area (TPSA) is 182 Å². The zero-order chi connectivity index (χ0) is 46.9. The number of alkyl carbamates (subject to hydrolysis) is 1. The Morgan fingerprint density at radius 2 is 1.37 bits per heavy atom. The third-order valence-corrected chi connectivity index (χ3v) is 12.3. The Morgan fingerprint density at radius 1 is 0.731 bits per heavy atom. The van der Waals surface area contributed by atoms with Crippen LogP contribution < -0.4 is 14.8 Å². The number of aromatic nitrogens is 4. The predicted molar refractivity (Wildman–Crippen MR) is 252 cm³/mol. The van der Waals surface area contributed by atoms with Crippen LogP contribution >= 0.6 is 0 Å². The molecule has 67 heavy (non-hydrogen) atoms. The van der Waals surface area contributed by atoms with Gasteiger partial charge in [-0.15, -0.1) is 0 Å². The molecule has 8 rings (SSSR count). The number of carbonyl (C=O) groups excluding carboxylic acids is 3. The number of imidazole rings is 2. The third-order valence-electron chi connectivity index (χ3n) is 12.3. The van der Waals surface area contributed by atoms with Gasteiger partial charge in [0.1, 0.15) is 37.5 Å². The molecule has 2 aromatic heterocycles. The molecule has 2 fully saturated rings. The van der Waals surface area contributed by atoms with Crippen LogP contribution in [0.4, 0.5) is 9.59 Å². The van der Waals surface area contributed by atoms with Crippen LogP contribution in [0.2, 0.25) is 0 Å². The first-order valence-electron chi connectivity index (χ1n) is 22.9. The highest BCUT2D eigenvalue weighted by Crippen LogP contribution is 2.46. The molecule has 16 heteroatoms. The van der Waals surface area contributed by atoms with Crippen molar-refractivity contribution in [1.29, 1.82) is 0 Å². The summed E-state index contributed by atoms with van der Waals surface area (Å²) in [5.74, 6) is 2.09. The van der Waals surface area contributed by atoms with E-state index in [0.717, 1.165) is 69.5 Å². The minimum absolute atomic E-state index is 0.154. The lowest BCUT2D eigenvalue weighted by Crippen LogP contribution is -2.51. The van der Waals surface area contributed by atoms with E-state index >= 15 is 0 Å². The Morgan fingerprint density at radius 3 is 2.06 bits per heavy atom. The number of methoxy groups -OCH3 is 3. The maximum atomic E-state index is 13.9. The summed E-state index contributed by atoms with van der Waals surface area (Å²) in [6.45, 7) is 6.39. The van der Waals surface area contributed by atoms with Gasteiger partial charge >= 0.3 is 12.2 Å². The van der Waals surface area contributed by atoms with Crippen LogP contribution in [0.5, 0.6) is 11.5 Å². The molecule has 2 aliphatic heterocycles. The molecular weight excluding hydrogens is 855 g/mol. The zero-order valence-electron chi connectivity index (χ0n) is 38.7. The van der Waals surface area contributed by atoms with E-state index in [4.69, 9.17) is 38.4 Å². The second-order valence-electron chi connectivity index (χ2n) is 17.1. The van der Waals surface area contributed by atoms with Gasteiger partial charge < -0.3 is 48.6 Å². The van der Waals surface area contributed by atoms with Crippen molar-refractivity contribution >= 4 is 29.1 Å². The molecule has 6 aromatic rings. The van der Waals surface area contributed by atoms with E-state index in [2.05, 4.69) is 51.7 Å². The summed E-state index contributed by atoms with van der Waals surface area (Å²) >= 11 is 0. The minimum atomic E-state index is -0.746. The maximum Gasteiger partial charge on any atom is 0.410 e. The molecule has 0 radical (unpaired) electrons. The minimum Gasteiger partial charge on any atom is -0.487 e. The third kappa shape index (κ3) is 10.6. The predicted octanol–water partition coefficient (Wildman–Crippen LogP) is 8.86. The number of likely N-dealkylation sites (tertiary alicyclic amines) is 2. The first-order valence-corrected chi connectivity index (χ1v) is 22.9. The molecule has 2 saturated heterocycles. The Bertz CT molecular complexity index is 2630. The molecule has 4 heterocycles. The van der Waals surface area contributed by atoms with Gasteiger partial charge in [0.15, 0.2) is 11.5 Å². The van der Waals surface area contributed by atoms with E-state index in [-0.39, 0.29) is 49.8 Å². The van der Waals surface area contributed by atoms with Crippen molar-refractivity contribution in [3.8, 4) is 45.0 Å². The number of rotatable bonds is 18. The number of carbonyl (C=O) groups is 3. The largest absolute Gasteiger partial charge is 0.487 e. The molecule has 0 aliphatic carbocycles. The van der Waals surface area contributed by atoms with Gasteiger partial charge in [-0.2, -0.15) is 0 Å². The summed E-state index contributed by atoms with van der Waals surface area (Å²) in [7, 11) is 4.53. The van der Waals surface area contributed by atoms with E-state index in [1.807, 2.05) is 62.4 Å². The zero-order valence-corrected chi connectivity index (χ0v) is 38.7. The molecule has 0 bridgehead atoms. The Kier molecular flexibility index (Phi) is 15.0. The maximum absolute atomic E-state index is 13.9. The van der Waals surface area contributed by atoms with E-state index in [1.165, 1.54) is 7.11 Å². The van der Waals surface area contributed by atoms with Crippen molar-refractivity contribution in [2.45, 2.75) is 64.3 Å². The highest BCUT2D eigenvalue weighted by molar-refractivity contribution is 5.87. The van der Waals surface area contributed by atoms with Gasteiger partial charge in [-0.1, -0.05) is 74.5 Å². The number of hydrogen-bond donors (Lipinski definition) is 3. The summed E-state index contributed by atoms with van der Waals surface area (Å²) in [4.78, 5) is 59.4. The monoisotopic (exact) mass is 913 g/mol. The molecule has 0 unspecified atom stereocenters. The average Bonchev–Trinajstić information content (AvgIpc) is 4.20. The van der Waals surface area contributed by atoms with Gasteiger partial charge in [0.2, 0.25) is 5.91 Å². The molecule has 2 aliphatic rings. The van der Waals surface area contributed by atoms with Crippen LogP contribution in [0.3, 0.4) is 0 Å². The van der Waals surface area contributed by atoms with Gasteiger partial charge in [0.25, 0.3) is 0 Å². The summed E-state index contributed by atoms with van der Waals surface area (Å²) in [6, 6.07) is 26.8. The number of H-pyrrole nitrogens is 2. The smallest absolute Gasteiger partial charge is 0.410 e. The number of aromatic amines is 2. The second-order valence-corrected chi connectivity index (χ2v) is 17.1. The standard InChI is InChI=1S/C51H59N7O9/c1-32(2)44(56-50(60)64-5)49(59)57-23-9-13-42(57)47-52-30-41(55-47)38-21-20-37(45(65-27-25-62-3)46(38)66-28-26-63-4)35-17-15-34(16-18-35)36-19-22-39-40(29-36)54-48(53-39)43-14-10-24-58(43)51(61)67-31-33-11-7-6-8-12-33/h6-8,11-12,15-22,29-30,32,42-44H,9-10,13-14,23-28,31H2,1-5H3,(H,52,55)(H,53,54)(H,56,60)/t42-,43-,44-/m0/s1. The Balaban J connectivity index is 1.04. The van der Waals surface area contributed by atoms with Gasteiger partial charge in [0, 0.05) is 38.4 Å². The van der Waals surface area contributed by atoms with Gasteiger partial charge in [-0.25, -0.2) is 19.6 Å². The van der Waals surface area contributed by atoms with Crippen molar-refractivity contribution in [2.24, 2.45) is 5.92 Å².